The number of unbranched alkanes of at least 4 members (excludes halogenated alkanes) is 1. The highest BCUT2D eigenvalue weighted by Gasteiger charge is 2.41. The van der Waals surface area contributed by atoms with E-state index in [0.29, 0.717) is 31.8 Å². The average Bonchev–Trinajstić information content (AvgIpc) is 2.85. The Balaban J connectivity index is 2.69. The Kier molecular flexibility index (Phi) is 8.64. The standard InChI is InChI=1S/C21H34N2O6/c1-5-8-12-28-17-16(19(26)27-7-3)22-20-21(6-2,29-13-11-24)10-9-15(4)14-23(20)18(17)25/h15,24H,5-14H2,1-4H3. The van der Waals surface area contributed by atoms with Gasteiger partial charge >= 0.3 is 5.97 Å². The Hall–Kier alpha value is -1.93. The molecule has 0 amide bonds. The molecular weight excluding hydrogens is 376 g/mol. The molecule has 2 heterocycles. The third-order valence-corrected chi connectivity index (χ3v) is 5.32. The number of carbonyl (C=O) groups is 1. The number of aromatic nitrogens is 2. The molecule has 0 saturated heterocycles. The maximum absolute atomic E-state index is 13.4. The van der Waals surface area contributed by atoms with Crippen LogP contribution < -0.4 is 10.3 Å². The molecule has 1 aromatic heterocycles. The molecular formula is C21H34N2O6. The maximum Gasteiger partial charge on any atom is 0.361 e. The van der Waals surface area contributed by atoms with Crippen LogP contribution in [0, 0.1) is 5.92 Å². The van der Waals surface area contributed by atoms with E-state index in [-0.39, 0.29) is 42.7 Å². The van der Waals surface area contributed by atoms with Gasteiger partial charge in [0, 0.05) is 6.54 Å². The van der Waals surface area contributed by atoms with Crippen molar-refractivity contribution in [1.29, 1.82) is 0 Å². The summed E-state index contributed by atoms with van der Waals surface area (Å²) in [6, 6.07) is 0. The molecule has 0 radical (unpaired) electrons. The second-order valence-electron chi connectivity index (χ2n) is 7.52. The number of hydrogen-bond acceptors (Lipinski definition) is 7. The van der Waals surface area contributed by atoms with Gasteiger partial charge in [-0.25, -0.2) is 9.78 Å². The summed E-state index contributed by atoms with van der Waals surface area (Å²) in [5.74, 6) is -0.0871. The molecule has 0 aliphatic carbocycles. The molecule has 1 aromatic rings. The topological polar surface area (TPSA) is 99.9 Å². The molecule has 0 bridgehead atoms. The first-order valence-electron chi connectivity index (χ1n) is 10.6. The van der Waals surface area contributed by atoms with Crippen molar-refractivity contribution in [3.63, 3.8) is 0 Å². The molecule has 0 saturated carbocycles. The van der Waals surface area contributed by atoms with Crippen molar-refractivity contribution in [2.75, 3.05) is 26.4 Å². The first-order valence-corrected chi connectivity index (χ1v) is 10.6. The Morgan fingerprint density at radius 3 is 2.69 bits per heavy atom. The van der Waals surface area contributed by atoms with E-state index in [0.717, 1.165) is 19.3 Å². The Labute approximate surface area is 172 Å². The van der Waals surface area contributed by atoms with Gasteiger partial charge in [-0.1, -0.05) is 27.2 Å². The highest BCUT2D eigenvalue weighted by atomic mass is 16.5. The molecule has 164 valence electrons. The molecule has 8 heteroatoms. The fourth-order valence-electron chi connectivity index (χ4n) is 3.65. The van der Waals surface area contributed by atoms with E-state index in [1.165, 1.54) is 0 Å². The fraction of sp³-hybridized carbons (Fsp3) is 0.762. The summed E-state index contributed by atoms with van der Waals surface area (Å²) in [5, 5.41) is 9.30. The fourth-order valence-corrected chi connectivity index (χ4v) is 3.65. The smallest absolute Gasteiger partial charge is 0.361 e. The molecule has 1 aliphatic heterocycles. The van der Waals surface area contributed by atoms with E-state index in [1.807, 2.05) is 13.8 Å². The zero-order valence-corrected chi connectivity index (χ0v) is 18.0. The summed E-state index contributed by atoms with van der Waals surface area (Å²) in [7, 11) is 0. The SMILES string of the molecule is CCCCOc1c(C(=O)OCC)nc2n(c1=O)CC(C)CCC2(CC)OCCO. The van der Waals surface area contributed by atoms with Crippen LogP contribution in [0.25, 0.3) is 0 Å². The zero-order chi connectivity index (χ0) is 21.4. The highest BCUT2D eigenvalue weighted by molar-refractivity contribution is 5.90. The van der Waals surface area contributed by atoms with Crippen LogP contribution in [0.4, 0.5) is 0 Å². The molecule has 0 aromatic carbocycles. The summed E-state index contributed by atoms with van der Waals surface area (Å²) in [4.78, 5) is 30.6. The van der Waals surface area contributed by atoms with Crippen LogP contribution in [0.15, 0.2) is 4.79 Å². The summed E-state index contributed by atoms with van der Waals surface area (Å²) < 4.78 is 18.5. The Morgan fingerprint density at radius 1 is 1.31 bits per heavy atom. The minimum atomic E-state index is -0.851. The van der Waals surface area contributed by atoms with Crippen LogP contribution in [0.5, 0.6) is 5.75 Å². The van der Waals surface area contributed by atoms with Crippen molar-refractivity contribution in [2.45, 2.75) is 71.9 Å². The predicted molar refractivity (Wildman–Crippen MR) is 108 cm³/mol. The van der Waals surface area contributed by atoms with Gasteiger partial charge in [-0.3, -0.25) is 9.36 Å². The molecule has 2 unspecified atom stereocenters. The van der Waals surface area contributed by atoms with E-state index in [9.17, 15) is 14.7 Å². The third kappa shape index (κ3) is 5.17. The summed E-state index contributed by atoms with van der Waals surface area (Å²) >= 11 is 0. The second-order valence-corrected chi connectivity index (χ2v) is 7.52. The number of hydrogen-bond donors (Lipinski definition) is 1. The van der Waals surface area contributed by atoms with Crippen molar-refractivity contribution in [2.24, 2.45) is 5.92 Å². The summed E-state index contributed by atoms with van der Waals surface area (Å²) in [6.07, 6.45) is 3.71. The largest absolute Gasteiger partial charge is 0.486 e. The summed E-state index contributed by atoms with van der Waals surface area (Å²) in [5.41, 5.74) is -1.33. The monoisotopic (exact) mass is 410 g/mol. The second kappa shape index (κ2) is 10.7. The first-order chi connectivity index (χ1) is 13.9. The van der Waals surface area contributed by atoms with Gasteiger partial charge < -0.3 is 19.3 Å². The lowest BCUT2D eigenvalue weighted by atomic mass is 9.91. The molecule has 1 N–H and O–H groups in total. The van der Waals surface area contributed by atoms with Crippen LogP contribution in [0.1, 0.15) is 76.1 Å². The molecule has 29 heavy (non-hydrogen) atoms. The number of rotatable bonds is 10. The minimum absolute atomic E-state index is 0.0538. The van der Waals surface area contributed by atoms with E-state index in [4.69, 9.17) is 14.2 Å². The third-order valence-electron chi connectivity index (χ3n) is 5.32. The van der Waals surface area contributed by atoms with E-state index in [1.54, 1.807) is 11.5 Å². The number of fused-ring (bicyclic) bond motifs is 1. The maximum atomic E-state index is 13.4. The Bertz CT molecular complexity index is 747. The van der Waals surface area contributed by atoms with Gasteiger partial charge in [0.1, 0.15) is 11.4 Å². The molecule has 0 spiro atoms. The van der Waals surface area contributed by atoms with Crippen LogP contribution in [-0.4, -0.2) is 47.1 Å². The molecule has 8 nitrogen and oxygen atoms in total. The lowest BCUT2D eigenvalue weighted by Gasteiger charge is -2.32. The van der Waals surface area contributed by atoms with Crippen molar-refractivity contribution in [3.8, 4) is 5.75 Å². The highest BCUT2D eigenvalue weighted by Crippen LogP contribution is 2.38. The van der Waals surface area contributed by atoms with Crippen LogP contribution >= 0.6 is 0 Å². The van der Waals surface area contributed by atoms with E-state index in [2.05, 4.69) is 11.9 Å². The van der Waals surface area contributed by atoms with Crippen molar-refractivity contribution in [3.05, 3.63) is 21.9 Å². The number of nitrogens with zero attached hydrogens (tertiary/aromatic N) is 2. The number of aliphatic hydroxyl groups excluding tert-OH is 1. The normalized spacial score (nSPS) is 21.3. The van der Waals surface area contributed by atoms with Gasteiger partial charge in [-0.2, -0.15) is 0 Å². The average molecular weight is 411 g/mol. The van der Waals surface area contributed by atoms with Gasteiger partial charge in [0.15, 0.2) is 5.69 Å². The Morgan fingerprint density at radius 2 is 2.07 bits per heavy atom. The van der Waals surface area contributed by atoms with E-state index >= 15 is 0 Å². The summed E-state index contributed by atoms with van der Waals surface area (Å²) in [6.45, 7) is 8.72. The number of aliphatic hydroxyl groups is 1. The van der Waals surface area contributed by atoms with Gasteiger partial charge in [0.2, 0.25) is 5.75 Å². The lowest BCUT2D eigenvalue weighted by molar-refractivity contribution is -0.0794. The first kappa shape index (κ1) is 23.3. The van der Waals surface area contributed by atoms with E-state index < -0.39 is 11.6 Å². The van der Waals surface area contributed by atoms with Crippen LogP contribution in [0.2, 0.25) is 0 Å². The zero-order valence-electron chi connectivity index (χ0n) is 18.0. The number of carbonyl (C=O) groups excluding carboxylic acids is 1. The van der Waals surface area contributed by atoms with Gasteiger partial charge in [0.05, 0.1) is 26.4 Å². The molecule has 2 atom stereocenters. The lowest BCUT2D eigenvalue weighted by Crippen LogP contribution is -2.39. The number of esters is 1. The molecule has 1 aliphatic rings. The van der Waals surface area contributed by atoms with Crippen molar-refractivity contribution in [1.82, 2.24) is 9.55 Å². The molecule has 0 fully saturated rings. The van der Waals surface area contributed by atoms with Crippen LogP contribution in [-0.2, 0) is 21.6 Å². The molecule has 2 rings (SSSR count). The van der Waals surface area contributed by atoms with Gasteiger partial charge in [0.25, 0.3) is 5.56 Å². The van der Waals surface area contributed by atoms with Gasteiger partial charge in [-0.15, -0.1) is 0 Å². The van der Waals surface area contributed by atoms with Crippen LogP contribution in [0.3, 0.4) is 0 Å². The predicted octanol–water partition coefficient (Wildman–Crippen LogP) is 2.64. The van der Waals surface area contributed by atoms with Crippen molar-refractivity contribution >= 4 is 5.97 Å². The minimum Gasteiger partial charge on any atom is -0.486 e. The quantitative estimate of drug-likeness (QED) is 0.467. The van der Waals surface area contributed by atoms with Crippen molar-refractivity contribution < 1.29 is 24.1 Å². The van der Waals surface area contributed by atoms with Gasteiger partial charge in [-0.05, 0) is 38.5 Å². The number of ether oxygens (including phenoxy) is 3.